The number of aromatic nitrogens is 1. The third-order valence-corrected chi connectivity index (χ3v) is 5.91. The minimum absolute atomic E-state index is 0.142. The predicted octanol–water partition coefficient (Wildman–Crippen LogP) is 3.68. The molecule has 1 aliphatic heterocycles. The average molecular weight is 428 g/mol. The highest BCUT2D eigenvalue weighted by atomic mass is 79.9. The first-order valence-corrected chi connectivity index (χ1v) is 8.62. The number of amides is 1. The zero-order valence-corrected chi connectivity index (χ0v) is 15.3. The Balaban J connectivity index is 1.72. The number of carbonyl (C=O) groups excluding carboxylic acids is 1. The lowest BCUT2D eigenvalue weighted by molar-refractivity contribution is -0.131. The lowest BCUT2D eigenvalue weighted by Gasteiger charge is -2.27. The second-order valence-corrected chi connectivity index (χ2v) is 6.89. The molecule has 0 saturated carbocycles. The number of methoxy groups -OCH3 is 1. The summed E-state index contributed by atoms with van der Waals surface area (Å²) in [5.41, 5.74) is 3.34. The molecular weight excluding hydrogens is 412 g/mol. The fourth-order valence-corrected chi connectivity index (χ4v) is 3.65. The second kappa shape index (κ2) is 6.46. The highest BCUT2D eigenvalue weighted by Crippen LogP contribution is 2.33. The number of ether oxygens (including phenoxy) is 1. The van der Waals surface area contributed by atoms with Crippen LogP contribution in [0.25, 0.3) is 0 Å². The van der Waals surface area contributed by atoms with E-state index >= 15 is 0 Å². The number of nitrogens with one attached hydrogen (secondary N) is 1. The Morgan fingerprint density at radius 2 is 2.23 bits per heavy atom. The molecule has 22 heavy (non-hydrogen) atoms. The summed E-state index contributed by atoms with van der Waals surface area (Å²) in [4.78, 5) is 17.8. The van der Waals surface area contributed by atoms with E-state index in [4.69, 9.17) is 4.74 Å². The molecule has 1 aliphatic rings. The number of rotatable bonds is 3. The van der Waals surface area contributed by atoms with Gasteiger partial charge in [-0.25, -0.2) is 0 Å². The van der Waals surface area contributed by atoms with Gasteiger partial charge < -0.3 is 14.6 Å². The van der Waals surface area contributed by atoms with Crippen LogP contribution in [0.5, 0.6) is 5.75 Å². The van der Waals surface area contributed by atoms with Crippen molar-refractivity contribution in [1.29, 1.82) is 0 Å². The van der Waals surface area contributed by atoms with Gasteiger partial charge in [-0.1, -0.05) is 12.1 Å². The van der Waals surface area contributed by atoms with Gasteiger partial charge in [0.25, 0.3) is 0 Å². The molecule has 116 valence electrons. The van der Waals surface area contributed by atoms with E-state index in [0.29, 0.717) is 13.0 Å². The van der Waals surface area contributed by atoms with Crippen molar-refractivity contribution < 1.29 is 9.53 Å². The van der Waals surface area contributed by atoms with Crippen LogP contribution in [0.4, 0.5) is 0 Å². The molecule has 1 amide bonds. The summed E-state index contributed by atoms with van der Waals surface area (Å²) in [5.74, 6) is 0.923. The van der Waals surface area contributed by atoms with E-state index in [1.54, 1.807) is 7.11 Å². The lowest BCUT2D eigenvalue weighted by atomic mass is 10.1. The van der Waals surface area contributed by atoms with Gasteiger partial charge in [-0.3, -0.25) is 4.79 Å². The van der Waals surface area contributed by atoms with E-state index in [0.717, 1.165) is 38.9 Å². The van der Waals surface area contributed by atoms with Crippen LogP contribution in [0.15, 0.2) is 33.3 Å². The Kier molecular flexibility index (Phi) is 4.59. The lowest BCUT2D eigenvalue weighted by Crippen LogP contribution is -2.36. The standard InChI is InChI=1S/C16H16Br2N2O2/c1-22-11-4-2-3-10(7-11)8-14(21)20-6-5-13-12(9-20)15(17)16(18)19-13/h2-4,7,19H,5-6,8-9H2,1H3. The van der Waals surface area contributed by atoms with E-state index in [1.165, 1.54) is 5.69 Å². The van der Waals surface area contributed by atoms with Crippen molar-refractivity contribution in [1.82, 2.24) is 9.88 Å². The Bertz CT molecular complexity index is 712. The first kappa shape index (κ1) is 15.6. The van der Waals surface area contributed by atoms with Gasteiger partial charge in [0.1, 0.15) is 5.75 Å². The van der Waals surface area contributed by atoms with Crippen LogP contribution in [-0.4, -0.2) is 29.4 Å². The van der Waals surface area contributed by atoms with Crippen molar-refractivity contribution in [3.63, 3.8) is 0 Å². The van der Waals surface area contributed by atoms with Crippen LogP contribution < -0.4 is 4.74 Å². The van der Waals surface area contributed by atoms with Crippen molar-refractivity contribution in [2.75, 3.05) is 13.7 Å². The Hall–Kier alpha value is -1.27. The minimum atomic E-state index is 0.142. The molecule has 0 aliphatic carbocycles. The van der Waals surface area contributed by atoms with Crippen molar-refractivity contribution in [2.24, 2.45) is 0 Å². The molecule has 0 bridgehead atoms. The van der Waals surface area contributed by atoms with Gasteiger partial charge in [-0.05, 0) is 49.6 Å². The molecule has 0 saturated heterocycles. The average Bonchev–Trinajstić information content (AvgIpc) is 2.82. The molecule has 1 aromatic carbocycles. The molecule has 0 atom stereocenters. The van der Waals surface area contributed by atoms with Gasteiger partial charge in [0.2, 0.25) is 5.91 Å². The number of hydrogen-bond acceptors (Lipinski definition) is 2. The van der Waals surface area contributed by atoms with E-state index in [-0.39, 0.29) is 5.91 Å². The van der Waals surface area contributed by atoms with Crippen LogP contribution in [0.2, 0.25) is 0 Å². The van der Waals surface area contributed by atoms with Crippen LogP contribution >= 0.6 is 31.9 Å². The molecule has 0 spiro atoms. The van der Waals surface area contributed by atoms with Gasteiger partial charge in [-0.15, -0.1) is 0 Å². The van der Waals surface area contributed by atoms with E-state index in [2.05, 4.69) is 36.8 Å². The Morgan fingerprint density at radius 1 is 1.41 bits per heavy atom. The number of hydrogen-bond donors (Lipinski definition) is 1. The summed E-state index contributed by atoms with van der Waals surface area (Å²) in [6.45, 7) is 1.38. The second-order valence-electron chi connectivity index (χ2n) is 5.30. The largest absolute Gasteiger partial charge is 0.497 e. The quantitative estimate of drug-likeness (QED) is 0.811. The normalized spacial score (nSPS) is 13.9. The highest BCUT2D eigenvalue weighted by Gasteiger charge is 2.25. The van der Waals surface area contributed by atoms with Gasteiger partial charge >= 0.3 is 0 Å². The SMILES string of the molecule is COc1cccc(CC(=O)N2CCc3[nH]c(Br)c(Br)c3C2)c1. The topological polar surface area (TPSA) is 45.3 Å². The number of aromatic amines is 1. The number of halogens is 2. The maximum atomic E-state index is 12.5. The third kappa shape index (κ3) is 3.08. The van der Waals surface area contributed by atoms with Gasteiger partial charge in [0.15, 0.2) is 0 Å². The molecule has 1 N–H and O–H groups in total. The molecule has 0 unspecified atom stereocenters. The number of fused-ring (bicyclic) bond motifs is 1. The Morgan fingerprint density at radius 3 is 3.00 bits per heavy atom. The maximum absolute atomic E-state index is 12.5. The molecule has 3 rings (SSSR count). The summed E-state index contributed by atoms with van der Waals surface area (Å²) >= 11 is 7.05. The molecule has 1 aromatic heterocycles. The van der Waals surface area contributed by atoms with Crippen molar-refractivity contribution >= 4 is 37.8 Å². The van der Waals surface area contributed by atoms with E-state index in [9.17, 15) is 4.79 Å². The zero-order valence-electron chi connectivity index (χ0n) is 12.2. The predicted molar refractivity (Wildman–Crippen MR) is 92.0 cm³/mol. The van der Waals surface area contributed by atoms with Crippen LogP contribution in [-0.2, 0) is 24.2 Å². The van der Waals surface area contributed by atoms with Gasteiger partial charge in [0.05, 0.1) is 22.6 Å². The highest BCUT2D eigenvalue weighted by molar-refractivity contribution is 9.13. The van der Waals surface area contributed by atoms with Crippen LogP contribution in [0.1, 0.15) is 16.8 Å². The smallest absolute Gasteiger partial charge is 0.227 e. The summed E-state index contributed by atoms with van der Waals surface area (Å²) in [6.07, 6.45) is 1.25. The summed E-state index contributed by atoms with van der Waals surface area (Å²) in [6, 6.07) is 7.67. The molecule has 0 fully saturated rings. The maximum Gasteiger partial charge on any atom is 0.227 e. The van der Waals surface area contributed by atoms with Crippen LogP contribution in [0.3, 0.4) is 0 Å². The molecule has 2 heterocycles. The van der Waals surface area contributed by atoms with Crippen LogP contribution in [0, 0.1) is 0 Å². The summed E-state index contributed by atoms with van der Waals surface area (Å²) in [7, 11) is 1.63. The number of carbonyl (C=O) groups is 1. The van der Waals surface area contributed by atoms with Crippen molar-refractivity contribution in [3.05, 3.63) is 50.2 Å². The minimum Gasteiger partial charge on any atom is -0.497 e. The van der Waals surface area contributed by atoms with Gasteiger partial charge in [-0.2, -0.15) is 0 Å². The summed E-state index contributed by atoms with van der Waals surface area (Å²) in [5, 5.41) is 0. The zero-order chi connectivity index (χ0) is 15.7. The van der Waals surface area contributed by atoms with Gasteiger partial charge in [0, 0.05) is 30.8 Å². The first-order chi connectivity index (χ1) is 10.6. The fourth-order valence-electron chi connectivity index (χ4n) is 2.70. The number of nitrogens with zero attached hydrogens (tertiary/aromatic N) is 1. The Labute approximate surface area is 146 Å². The molecule has 6 heteroatoms. The number of H-pyrrole nitrogens is 1. The summed E-state index contributed by atoms with van der Waals surface area (Å²) < 4.78 is 7.17. The van der Waals surface area contributed by atoms with E-state index < -0.39 is 0 Å². The fraction of sp³-hybridized carbons (Fsp3) is 0.312. The molecule has 0 radical (unpaired) electrons. The van der Waals surface area contributed by atoms with Crippen molar-refractivity contribution in [2.45, 2.75) is 19.4 Å². The van der Waals surface area contributed by atoms with Crippen molar-refractivity contribution in [3.8, 4) is 5.75 Å². The monoisotopic (exact) mass is 426 g/mol. The molecule has 4 nitrogen and oxygen atoms in total. The number of benzene rings is 1. The third-order valence-electron chi connectivity index (χ3n) is 3.91. The van der Waals surface area contributed by atoms with E-state index in [1.807, 2.05) is 29.2 Å². The molecular formula is C16H16Br2N2O2. The molecule has 2 aromatic rings. The first-order valence-electron chi connectivity index (χ1n) is 7.04.